The summed E-state index contributed by atoms with van der Waals surface area (Å²) in [6, 6.07) is -0.214. The lowest BCUT2D eigenvalue weighted by Crippen LogP contribution is -2.50. The fourth-order valence-electron chi connectivity index (χ4n) is 11.0. The maximum Gasteiger partial charge on any atom is 0.410 e. The van der Waals surface area contributed by atoms with Crippen molar-refractivity contribution in [2.24, 2.45) is 62.1 Å². The van der Waals surface area contributed by atoms with Gasteiger partial charge in [-0.3, -0.25) is 25.1 Å². The second-order valence-corrected chi connectivity index (χ2v) is 19.4. The largest absolute Gasteiger partial charge is 0.444 e. The molecule has 3 heterocycles. The molecular formula is C46H70N6O3. The maximum atomic E-state index is 14.2. The molecular weight excluding hydrogens is 685 g/mol. The van der Waals surface area contributed by atoms with Crippen molar-refractivity contribution < 1.29 is 14.3 Å². The van der Waals surface area contributed by atoms with Crippen LogP contribution in [0.2, 0.25) is 0 Å². The predicted molar refractivity (Wildman–Crippen MR) is 224 cm³/mol. The number of carbonyl (C=O) groups is 2. The van der Waals surface area contributed by atoms with Gasteiger partial charge in [-0.2, -0.15) is 0 Å². The first-order chi connectivity index (χ1) is 26.3. The number of hydrogen-bond acceptors (Lipinski definition) is 8. The molecule has 7 rings (SSSR count). The predicted octanol–water partition coefficient (Wildman–Crippen LogP) is 8.78. The van der Waals surface area contributed by atoms with Crippen molar-refractivity contribution in [3.63, 3.8) is 0 Å². The van der Waals surface area contributed by atoms with Crippen molar-refractivity contribution in [2.75, 3.05) is 6.54 Å². The minimum atomic E-state index is -0.515. The van der Waals surface area contributed by atoms with E-state index in [2.05, 4.69) is 51.2 Å². The van der Waals surface area contributed by atoms with Crippen molar-refractivity contribution in [1.82, 2.24) is 10.2 Å². The number of Topliss-reactive ketones (excluding diaryl/α,β-unsaturated/α-hetero) is 1. The lowest BCUT2D eigenvalue weighted by molar-refractivity contribution is -0.130. The van der Waals surface area contributed by atoms with Crippen LogP contribution in [0.5, 0.6) is 0 Å². The molecule has 7 aliphatic rings. The second kappa shape index (κ2) is 16.9. The standard InChI is InChI=1S/C46H70N6O3/c1-8-35(40(42(53)41(47)27(2)3)28(4)29-13-10-9-11-14-29)43-49-36-21-20-33(25-37(36)50-43)31-16-17-32-24-34(19-18-30(32)23-31)38-26-48-44(51-38)39-15-12-22-52(39)45(54)55-46(5,6)7/h18,20,23,26-29,32,34-35,37,39-41,43-44,50H,8-17,19,21-22,24-25,47H2,1-7H3. The van der Waals surface area contributed by atoms with E-state index in [0.717, 1.165) is 63.5 Å². The molecule has 302 valence electrons. The number of nitrogens with zero attached hydrogens (tertiary/aromatic N) is 4. The summed E-state index contributed by atoms with van der Waals surface area (Å²) in [5.74, 6) is 2.30. The summed E-state index contributed by atoms with van der Waals surface area (Å²) in [4.78, 5) is 44.3. The van der Waals surface area contributed by atoms with Gasteiger partial charge < -0.3 is 15.4 Å². The molecule has 9 nitrogen and oxygen atoms in total. The molecule has 0 aromatic rings. The zero-order chi connectivity index (χ0) is 39.0. The van der Waals surface area contributed by atoms with E-state index in [1.54, 1.807) is 0 Å². The molecule has 0 spiro atoms. The third-order valence-electron chi connectivity index (χ3n) is 14.3. The van der Waals surface area contributed by atoms with Gasteiger partial charge in [-0.25, -0.2) is 4.79 Å². The van der Waals surface area contributed by atoms with Crippen LogP contribution in [-0.2, 0) is 9.53 Å². The average Bonchev–Trinajstić information content (AvgIpc) is 3.95. The Hall–Kier alpha value is -2.91. The van der Waals surface area contributed by atoms with Crippen LogP contribution in [0, 0.1) is 41.4 Å². The van der Waals surface area contributed by atoms with Gasteiger partial charge in [0.25, 0.3) is 0 Å². The Morgan fingerprint density at radius 3 is 2.51 bits per heavy atom. The Balaban J connectivity index is 0.982. The summed E-state index contributed by atoms with van der Waals surface area (Å²) in [6.45, 7) is 15.2. The molecule has 10 atom stereocenters. The van der Waals surface area contributed by atoms with Crippen molar-refractivity contribution in [2.45, 2.75) is 174 Å². The third kappa shape index (κ3) is 8.83. The first-order valence-corrected chi connectivity index (χ1v) is 22.1. The highest BCUT2D eigenvalue weighted by Crippen LogP contribution is 2.44. The van der Waals surface area contributed by atoms with Crippen LogP contribution in [0.15, 0.2) is 49.9 Å². The van der Waals surface area contributed by atoms with Crippen molar-refractivity contribution >= 4 is 29.5 Å². The highest BCUT2D eigenvalue weighted by molar-refractivity contribution is 6.32. The van der Waals surface area contributed by atoms with E-state index in [1.807, 2.05) is 31.9 Å². The molecule has 1 saturated carbocycles. The number of nitrogens with one attached hydrogen (secondary N) is 1. The molecule has 0 aromatic heterocycles. The quantitative estimate of drug-likeness (QED) is 0.219. The van der Waals surface area contributed by atoms with E-state index in [4.69, 9.17) is 25.4 Å². The lowest BCUT2D eigenvalue weighted by Gasteiger charge is -2.40. The summed E-state index contributed by atoms with van der Waals surface area (Å²) >= 11 is 0. The van der Waals surface area contributed by atoms with Crippen LogP contribution in [0.25, 0.3) is 0 Å². The Labute approximate surface area is 331 Å². The van der Waals surface area contributed by atoms with Gasteiger partial charge in [0, 0.05) is 42.6 Å². The van der Waals surface area contributed by atoms with Crippen LogP contribution >= 0.6 is 0 Å². The van der Waals surface area contributed by atoms with Gasteiger partial charge in [0.2, 0.25) is 0 Å². The number of nitrogens with two attached hydrogens (primary N) is 1. The Bertz CT molecular complexity index is 1630. The van der Waals surface area contributed by atoms with Gasteiger partial charge in [0.1, 0.15) is 11.8 Å². The minimum absolute atomic E-state index is 0.0255. The Morgan fingerprint density at radius 2 is 1.78 bits per heavy atom. The molecule has 1 amide bonds. The van der Waals surface area contributed by atoms with Crippen molar-refractivity contribution in [3.8, 4) is 0 Å². The summed E-state index contributed by atoms with van der Waals surface area (Å²) < 4.78 is 5.71. The number of carbonyl (C=O) groups excluding carboxylic acids is 2. The van der Waals surface area contributed by atoms with Gasteiger partial charge in [-0.1, -0.05) is 78.0 Å². The monoisotopic (exact) mass is 755 g/mol. The van der Waals surface area contributed by atoms with Crippen molar-refractivity contribution in [3.05, 3.63) is 34.9 Å². The van der Waals surface area contributed by atoms with Gasteiger partial charge in [0.15, 0.2) is 11.9 Å². The minimum Gasteiger partial charge on any atom is -0.444 e. The summed E-state index contributed by atoms with van der Waals surface area (Å²) in [5.41, 5.74) is 12.9. The maximum absolute atomic E-state index is 14.2. The normalized spacial score (nSPS) is 32.1. The number of aliphatic imine (C=N–C) groups is 3. The first kappa shape index (κ1) is 40.3. The number of ether oxygens (including phenoxy) is 1. The van der Waals surface area contributed by atoms with E-state index >= 15 is 0 Å². The van der Waals surface area contributed by atoms with E-state index in [-0.39, 0.29) is 54.0 Å². The topological polar surface area (TPSA) is 122 Å². The number of allylic oxidation sites excluding steroid dienone is 5. The summed E-state index contributed by atoms with van der Waals surface area (Å²) in [5, 5.41) is 3.98. The zero-order valence-corrected chi connectivity index (χ0v) is 34.9. The summed E-state index contributed by atoms with van der Waals surface area (Å²) in [6.07, 6.45) is 24.2. The smallest absolute Gasteiger partial charge is 0.410 e. The number of likely N-dealkylation sites (tertiary alicyclic amines) is 1. The first-order valence-electron chi connectivity index (χ1n) is 22.1. The van der Waals surface area contributed by atoms with Gasteiger partial charge in [-0.05, 0) is 113 Å². The lowest BCUT2D eigenvalue weighted by atomic mass is 9.66. The molecule has 9 heteroatoms. The van der Waals surface area contributed by atoms with Crippen LogP contribution in [0.1, 0.15) is 138 Å². The SMILES string of the molecule is CCC(C1N=C2CC=C(C3=CC4=CCC(C5=NC(C6CCCN6C(=O)OC(C)(C)C)N=C5)CC4CC3)CC2N1)C(C(=O)C(N)C(C)C)C(C)C1CCCCC1. The number of fused-ring (bicyclic) bond motifs is 2. The molecule has 10 unspecified atom stereocenters. The molecule has 0 radical (unpaired) electrons. The molecule has 55 heavy (non-hydrogen) atoms. The summed E-state index contributed by atoms with van der Waals surface area (Å²) in [7, 11) is 0. The Kier molecular flexibility index (Phi) is 12.4. The Morgan fingerprint density at radius 1 is 1.00 bits per heavy atom. The average molecular weight is 755 g/mol. The van der Waals surface area contributed by atoms with E-state index in [0.29, 0.717) is 30.2 Å². The fourth-order valence-corrected chi connectivity index (χ4v) is 11.0. The molecule has 0 bridgehead atoms. The van der Waals surface area contributed by atoms with Crippen LogP contribution < -0.4 is 11.1 Å². The molecule has 2 fully saturated rings. The van der Waals surface area contributed by atoms with Crippen LogP contribution in [-0.4, -0.2) is 77.0 Å². The highest BCUT2D eigenvalue weighted by atomic mass is 16.6. The van der Waals surface area contributed by atoms with Gasteiger partial charge in [-0.15, -0.1) is 0 Å². The molecule has 1 saturated heterocycles. The van der Waals surface area contributed by atoms with Crippen LogP contribution in [0.3, 0.4) is 0 Å². The van der Waals surface area contributed by atoms with Gasteiger partial charge in [0.05, 0.1) is 23.8 Å². The second-order valence-electron chi connectivity index (χ2n) is 19.4. The van der Waals surface area contributed by atoms with Crippen molar-refractivity contribution in [1.29, 1.82) is 0 Å². The molecule has 4 aliphatic carbocycles. The number of ketones is 1. The molecule has 3 N–H and O–H groups in total. The molecule has 3 aliphatic heterocycles. The van der Waals surface area contributed by atoms with E-state index in [9.17, 15) is 9.59 Å². The van der Waals surface area contributed by atoms with Crippen LogP contribution in [0.4, 0.5) is 4.79 Å². The van der Waals surface area contributed by atoms with E-state index in [1.165, 1.54) is 54.5 Å². The van der Waals surface area contributed by atoms with Gasteiger partial charge >= 0.3 is 6.09 Å². The number of amides is 1. The van der Waals surface area contributed by atoms with E-state index < -0.39 is 11.6 Å². The zero-order valence-electron chi connectivity index (χ0n) is 34.9. The number of hydrogen-bond donors (Lipinski definition) is 2. The fraction of sp³-hybridized carbons (Fsp3) is 0.761. The number of rotatable bonds is 11. The molecule has 0 aromatic carbocycles. The third-order valence-corrected chi connectivity index (χ3v) is 14.3. The highest BCUT2D eigenvalue weighted by Gasteiger charge is 2.45.